The number of thiazole rings is 1. The maximum atomic E-state index is 13.1. The minimum atomic E-state index is 0.0865. The molecule has 0 aliphatic heterocycles. The summed E-state index contributed by atoms with van der Waals surface area (Å²) in [4.78, 5) is 23.0. The van der Waals surface area contributed by atoms with E-state index < -0.39 is 0 Å². The molecule has 0 fully saturated rings. The van der Waals surface area contributed by atoms with Crippen LogP contribution in [0.25, 0.3) is 10.2 Å². The Morgan fingerprint density at radius 3 is 2.60 bits per heavy atom. The number of benzene rings is 2. The van der Waals surface area contributed by atoms with Gasteiger partial charge in [-0.3, -0.25) is 9.69 Å². The maximum absolute atomic E-state index is 13.1. The number of aryl methyl sites for hydroxylation is 1. The topological polar surface area (TPSA) is 45.7 Å². The van der Waals surface area contributed by atoms with E-state index in [0.29, 0.717) is 18.9 Å². The predicted molar refractivity (Wildman–Crippen MR) is 128 cm³/mol. The van der Waals surface area contributed by atoms with E-state index >= 15 is 0 Å². The van der Waals surface area contributed by atoms with Crippen molar-refractivity contribution in [1.29, 1.82) is 0 Å². The van der Waals surface area contributed by atoms with Gasteiger partial charge in [0.2, 0.25) is 5.91 Å². The number of amides is 1. The highest BCUT2D eigenvalue weighted by atomic mass is 32.2. The molecule has 0 atom stereocenters. The Labute approximate surface area is 187 Å². The van der Waals surface area contributed by atoms with Crippen molar-refractivity contribution in [3.63, 3.8) is 0 Å². The van der Waals surface area contributed by atoms with Gasteiger partial charge in [-0.05, 0) is 71.2 Å². The normalized spacial score (nSPS) is 11.2. The fraction of sp³-hybridized carbons (Fsp3) is 0.391. The van der Waals surface area contributed by atoms with Crippen molar-refractivity contribution in [3.8, 4) is 5.75 Å². The molecule has 1 aromatic heterocycles. The number of hydrogen-bond donors (Lipinski definition) is 0. The summed E-state index contributed by atoms with van der Waals surface area (Å²) in [6.07, 6.45) is 0.897. The van der Waals surface area contributed by atoms with Crippen LogP contribution in [0.3, 0.4) is 0 Å². The Balaban J connectivity index is 1.77. The van der Waals surface area contributed by atoms with Gasteiger partial charge in [-0.25, -0.2) is 4.98 Å². The van der Waals surface area contributed by atoms with Gasteiger partial charge in [0.15, 0.2) is 5.13 Å². The molecule has 5 nitrogen and oxygen atoms in total. The van der Waals surface area contributed by atoms with Crippen LogP contribution < -0.4 is 9.64 Å². The van der Waals surface area contributed by atoms with Crippen molar-refractivity contribution in [3.05, 3.63) is 48.0 Å². The van der Waals surface area contributed by atoms with E-state index in [1.165, 1.54) is 5.56 Å². The molecule has 0 aliphatic carbocycles. The number of fused-ring (bicyclic) bond motifs is 1. The predicted octanol–water partition coefficient (Wildman–Crippen LogP) is 5.08. The zero-order valence-corrected chi connectivity index (χ0v) is 19.7. The van der Waals surface area contributed by atoms with Crippen molar-refractivity contribution in [2.75, 3.05) is 44.4 Å². The van der Waals surface area contributed by atoms with Gasteiger partial charge >= 0.3 is 0 Å². The van der Waals surface area contributed by atoms with Crippen LogP contribution in [-0.2, 0) is 4.79 Å². The molecule has 7 heteroatoms. The zero-order valence-electron chi connectivity index (χ0n) is 18.1. The monoisotopic (exact) mass is 443 g/mol. The number of aromatic nitrogens is 1. The quantitative estimate of drug-likeness (QED) is 0.409. The second-order valence-corrected chi connectivity index (χ2v) is 9.42. The van der Waals surface area contributed by atoms with Crippen LogP contribution in [0.2, 0.25) is 0 Å². The highest BCUT2D eigenvalue weighted by molar-refractivity contribution is 8.00. The number of carbonyl (C=O) groups is 1. The van der Waals surface area contributed by atoms with Crippen LogP contribution in [-0.4, -0.2) is 55.3 Å². The molecular formula is C23H29N3O2S2. The summed E-state index contributed by atoms with van der Waals surface area (Å²) >= 11 is 3.12. The lowest BCUT2D eigenvalue weighted by Gasteiger charge is -2.21. The highest BCUT2D eigenvalue weighted by Gasteiger charge is 2.20. The average molecular weight is 444 g/mol. The fourth-order valence-corrected chi connectivity index (χ4v) is 4.81. The fourth-order valence-electron chi connectivity index (χ4n) is 2.99. The molecule has 160 valence electrons. The molecule has 0 aliphatic rings. The number of nitrogens with zero attached hydrogens (tertiary/aromatic N) is 3. The molecule has 0 saturated carbocycles. The van der Waals surface area contributed by atoms with E-state index in [1.54, 1.807) is 23.1 Å². The van der Waals surface area contributed by atoms with Gasteiger partial charge < -0.3 is 9.64 Å². The molecule has 0 N–H and O–H groups in total. The molecule has 0 bridgehead atoms. The van der Waals surface area contributed by atoms with Gasteiger partial charge in [0.1, 0.15) is 5.75 Å². The van der Waals surface area contributed by atoms with E-state index in [-0.39, 0.29) is 5.91 Å². The molecule has 3 aromatic rings. The lowest BCUT2D eigenvalue weighted by atomic mass is 10.2. The van der Waals surface area contributed by atoms with Gasteiger partial charge in [-0.1, -0.05) is 29.0 Å². The summed E-state index contributed by atoms with van der Waals surface area (Å²) < 4.78 is 6.64. The standard InChI is InChI=1S/C23H29N3O2S2/c1-5-28-18-9-12-20-21(15-18)30-23(24-20)26(14-6-13-25(3)4)22(27)16-29-19-10-7-17(2)8-11-19/h7-12,15H,5-6,13-14,16H2,1-4H3. The SMILES string of the molecule is CCOc1ccc2nc(N(CCCN(C)C)C(=O)CSc3ccc(C)cc3)sc2c1. The van der Waals surface area contributed by atoms with E-state index in [0.717, 1.165) is 39.0 Å². The van der Waals surface area contributed by atoms with Crippen LogP contribution >= 0.6 is 23.1 Å². The van der Waals surface area contributed by atoms with Gasteiger partial charge in [0, 0.05) is 11.4 Å². The maximum Gasteiger partial charge on any atom is 0.239 e. The summed E-state index contributed by atoms with van der Waals surface area (Å²) in [5, 5.41) is 0.756. The minimum Gasteiger partial charge on any atom is -0.494 e. The Morgan fingerprint density at radius 1 is 1.13 bits per heavy atom. The number of hydrogen-bond acceptors (Lipinski definition) is 6. The number of thioether (sulfide) groups is 1. The lowest BCUT2D eigenvalue weighted by molar-refractivity contribution is -0.116. The van der Waals surface area contributed by atoms with Crippen molar-refractivity contribution >= 4 is 44.4 Å². The number of rotatable bonds is 10. The van der Waals surface area contributed by atoms with Crippen molar-refractivity contribution < 1.29 is 9.53 Å². The summed E-state index contributed by atoms with van der Waals surface area (Å²) in [6.45, 7) is 6.25. The zero-order chi connectivity index (χ0) is 21.5. The number of carbonyl (C=O) groups excluding carboxylic acids is 1. The first-order valence-electron chi connectivity index (χ1n) is 10.1. The van der Waals surface area contributed by atoms with E-state index in [1.807, 2.05) is 44.1 Å². The molecule has 30 heavy (non-hydrogen) atoms. The van der Waals surface area contributed by atoms with Crippen LogP contribution in [0.15, 0.2) is 47.4 Å². The molecule has 1 amide bonds. The van der Waals surface area contributed by atoms with Gasteiger partial charge in [0.25, 0.3) is 0 Å². The van der Waals surface area contributed by atoms with E-state index in [9.17, 15) is 4.79 Å². The average Bonchev–Trinajstić information content (AvgIpc) is 3.13. The van der Waals surface area contributed by atoms with Crippen molar-refractivity contribution in [2.24, 2.45) is 0 Å². The Morgan fingerprint density at radius 2 is 1.90 bits per heavy atom. The molecule has 2 aromatic carbocycles. The first-order valence-corrected chi connectivity index (χ1v) is 11.9. The smallest absolute Gasteiger partial charge is 0.239 e. The Kier molecular flexibility index (Phi) is 8.13. The molecule has 1 heterocycles. The van der Waals surface area contributed by atoms with Crippen LogP contribution in [0.5, 0.6) is 5.75 Å². The number of ether oxygens (including phenoxy) is 1. The molecule has 0 spiro atoms. The molecule has 3 rings (SSSR count). The first-order chi connectivity index (χ1) is 14.5. The minimum absolute atomic E-state index is 0.0865. The molecule has 0 saturated heterocycles. The molecule has 0 unspecified atom stereocenters. The summed E-state index contributed by atoms with van der Waals surface area (Å²) in [7, 11) is 4.10. The Bertz CT molecular complexity index is 970. The van der Waals surface area contributed by atoms with Gasteiger partial charge in [-0.15, -0.1) is 11.8 Å². The number of anilines is 1. The van der Waals surface area contributed by atoms with Crippen LogP contribution in [0.1, 0.15) is 18.9 Å². The second-order valence-electron chi connectivity index (χ2n) is 7.36. The summed E-state index contributed by atoms with van der Waals surface area (Å²) in [5.41, 5.74) is 2.12. The Hall–Kier alpha value is -2.09. The largest absolute Gasteiger partial charge is 0.494 e. The third-order valence-corrected chi connectivity index (χ3v) is 6.60. The third-order valence-electron chi connectivity index (χ3n) is 4.56. The second kappa shape index (κ2) is 10.8. The van der Waals surface area contributed by atoms with Crippen molar-refractivity contribution in [1.82, 2.24) is 9.88 Å². The molecule has 0 radical (unpaired) electrons. The summed E-state index contributed by atoms with van der Waals surface area (Å²) in [5.74, 6) is 1.31. The summed E-state index contributed by atoms with van der Waals surface area (Å²) in [6, 6.07) is 14.2. The highest BCUT2D eigenvalue weighted by Crippen LogP contribution is 2.32. The van der Waals surface area contributed by atoms with E-state index in [4.69, 9.17) is 9.72 Å². The van der Waals surface area contributed by atoms with Crippen LogP contribution in [0, 0.1) is 6.92 Å². The molecular weight excluding hydrogens is 414 g/mol. The van der Waals surface area contributed by atoms with Gasteiger partial charge in [-0.2, -0.15) is 0 Å². The van der Waals surface area contributed by atoms with Crippen LogP contribution in [0.4, 0.5) is 5.13 Å². The lowest BCUT2D eigenvalue weighted by Crippen LogP contribution is -2.34. The van der Waals surface area contributed by atoms with Crippen molar-refractivity contribution in [2.45, 2.75) is 25.2 Å². The van der Waals surface area contributed by atoms with E-state index in [2.05, 4.69) is 36.1 Å². The third kappa shape index (κ3) is 6.20. The first kappa shape index (κ1) is 22.6. The van der Waals surface area contributed by atoms with Gasteiger partial charge in [0.05, 0.1) is 22.6 Å².